The van der Waals surface area contributed by atoms with Crippen molar-refractivity contribution < 1.29 is 19.1 Å². The summed E-state index contributed by atoms with van der Waals surface area (Å²) in [5.41, 5.74) is 1.85. The summed E-state index contributed by atoms with van der Waals surface area (Å²) < 4.78 is 10.8. The second kappa shape index (κ2) is 7.05. The molecule has 1 amide bonds. The number of H-pyrrole nitrogens is 1. The highest BCUT2D eigenvalue weighted by Gasteiger charge is 2.26. The lowest BCUT2D eigenvalue weighted by Crippen LogP contribution is -2.49. The van der Waals surface area contributed by atoms with Gasteiger partial charge in [0, 0.05) is 30.2 Å². The van der Waals surface area contributed by atoms with Crippen molar-refractivity contribution in [3.63, 3.8) is 0 Å². The van der Waals surface area contributed by atoms with E-state index in [2.05, 4.69) is 4.98 Å². The van der Waals surface area contributed by atoms with Gasteiger partial charge in [-0.05, 0) is 25.5 Å². The maximum absolute atomic E-state index is 12.2. The molecule has 0 saturated carbocycles. The number of carbonyl (C=O) groups excluding carboxylic acids is 2. The molecule has 1 fully saturated rings. The van der Waals surface area contributed by atoms with Gasteiger partial charge in [-0.3, -0.25) is 9.59 Å². The van der Waals surface area contributed by atoms with Crippen LogP contribution < -0.4 is 0 Å². The fourth-order valence-electron chi connectivity index (χ4n) is 3.10. The second-order valence-electron chi connectivity index (χ2n) is 6.25. The van der Waals surface area contributed by atoms with E-state index in [4.69, 9.17) is 9.47 Å². The molecular weight excluding hydrogens is 308 g/mol. The summed E-state index contributed by atoms with van der Waals surface area (Å²) in [4.78, 5) is 29.0. The van der Waals surface area contributed by atoms with Crippen LogP contribution >= 0.6 is 0 Å². The Kier molecular flexibility index (Phi) is 4.85. The normalized spacial score (nSPS) is 21.0. The van der Waals surface area contributed by atoms with Crippen LogP contribution in [0.1, 0.15) is 19.4 Å². The molecule has 0 spiro atoms. The molecule has 1 aliphatic heterocycles. The van der Waals surface area contributed by atoms with Gasteiger partial charge in [0.15, 0.2) is 6.61 Å². The highest BCUT2D eigenvalue weighted by molar-refractivity contribution is 5.88. The Labute approximate surface area is 140 Å². The largest absolute Gasteiger partial charge is 0.455 e. The summed E-state index contributed by atoms with van der Waals surface area (Å²) in [6.07, 6.45) is 1.95. The van der Waals surface area contributed by atoms with Crippen LogP contribution in [-0.2, 0) is 25.5 Å². The Morgan fingerprint density at radius 3 is 2.71 bits per heavy atom. The third-order valence-corrected chi connectivity index (χ3v) is 4.14. The van der Waals surface area contributed by atoms with Gasteiger partial charge in [-0.2, -0.15) is 0 Å². The maximum Gasteiger partial charge on any atom is 0.310 e. The number of carbonyl (C=O) groups is 2. The first-order chi connectivity index (χ1) is 11.5. The standard InChI is InChI=1S/C18H22N2O4/c1-12-9-20(10-13(2)24-12)17(21)11-23-18(22)7-14-8-19-16-6-4-3-5-15(14)16/h3-6,8,12-13,19H,7,9-11H2,1-2H3/t12-,13-/m0/s1. The van der Waals surface area contributed by atoms with Gasteiger partial charge in [0.25, 0.3) is 5.91 Å². The van der Waals surface area contributed by atoms with Crippen LogP contribution in [0.15, 0.2) is 30.5 Å². The molecule has 1 N–H and O–H groups in total. The first kappa shape index (κ1) is 16.5. The van der Waals surface area contributed by atoms with Gasteiger partial charge < -0.3 is 19.4 Å². The lowest BCUT2D eigenvalue weighted by molar-refractivity contribution is -0.156. The van der Waals surface area contributed by atoms with Gasteiger partial charge in [0.05, 0.1) is 18.6 Å². The molecule has 3 rings (SSSR count). The van der Waals surface area contributed by atoms with Crippen molar-refractivity contribution in [3.05, 3.63) is 36.0 Å². The molecule has 0 bridgehead atoms. The van der Waals surface area contributed by atoms with Crippen molar-refractivity contribution in [2.24, 2.45) is 0 Å². The highest BCUT2D eigenvalue weighted by Crippen LogP contribution is 2.18. The summed E-state index contributed by atoms with van der Waals surface area (Å²) >= 11 is 0. The molecule has 2 aromatic rings. The van der Waals surface area contributed by atoms with Crippen molar-refractivity contribution in [2.75, 3.05) is 19.7 Å². The van der Waals surface area contributed by atoms with Gasteiger partial charge in [-0.1, -0.05) is 18.2 Å². The van der Waals surface area contributed by atoms with Crippen molar-refractivity contribution in [1.29, 1.82) is 0 Å². The minimum atomic E-state index is -0.401. The lowest BCUT2D eigenvalue weighted by Gasteiger charge is -2.35. The van der Waals surface area contributed by atoms with Crippen LogP contribution in [0.5, 0.6) is 0 Å². The predicted octanol–water partition coefficient (Wildman–Crippen LogP) is 1.89. The van der Waals surface area contributed by atoms with Crippen molar-refractivity contribution in [1.82, 2.24) is 9.88 Å². The monoisotopic (exact) mass is 330 g/mol. The number of para-hydroxylation sites is 1. The summed E-state index contributed by atoms with van der Waals surface area (Å²) in [5.74, 6) is -0.577. The summed E-state index contributed by atoms with van der Waals surface area (Å²) in [6.45, 7) is 4.70. The van der Waals surface area contributed by atoms with Crippen molar-refractivity contribution in [3.8, 4) is 0 Å². The smallest absolute Gasteiger partial charge is 0.310 e. The molecule has 24 heavy (non-hydrogen) atoms. The molecule has 0 aliphatic carbocycles. The Morgan fingerprint density at radius 1 is 1.25 bits per heavy atom. The number of rotatable bonds is 4. The number of aromatic nitrogens is 1. The van der Waals surface area contributed by atoms with E-state index >= 15 is 0 Å². The van der Waals surface area contributed by atoms with Crippen LogP contribution in [0.4, 0.5) is 0 Å². The highest BCUT2D eigenvalue weighted by atomic mass is 16.5. The molecule has 2 heterocycles. The number of nitrogens with one attached hydrogen (secondary N) is 1. The van der Waals surface area contributed by atoms with E-state index in [1.54, 1.807) is 11.1 Å². The first-order valence-corrected chi connectivity index (χ1v) is 8.17. The molecule has 2 atom stereocenters. The summed E-state index contributed by atoms with van der Waals surface area (Å²) in [6, 6.07) is 7.77. The minimum absolute atomic E-state index is 0.000350. The average molecular weight is 330 g/mol. The maximum atomic E-state index is 12.2. The Morgan fingerprint density at radius 2 is 1.96 bits per heavy atom. The van der Waals surface area contributed by atoms with Crippen LogP contribution in [0.25, 0.3) is 10.9 Å². The molecule has 0 unspecified atom stereocenters. The Hall–Kier alpha value is -2.34. The molecular formula is C18H22N2O4. The van der Waals surface area contributed by atoms with E-state index in [1.807, 2.05) is 38.1 Å². The Balaban J connectivity index is 1.53. The average Bonchev–Trinajstić information content (AvgIpc) is 2.95. The topological polar surface area (TPSA) is 71.6 Å². The van der Waals surface area contributed by atoms with E-state index in [1.165, 1.54) is 0 Å². The summed E-state index contributed by atoms with van der Waals surface area (Å²) in [7, 11) is 0. The fourth-order valence-corrected chi connectivity index (χ4v) is 3.10. The second-order valence-corrected chi connectivity index (χ2v) is 6.25. The van der Waals surface area contributed by atoms with Gasteiger partial charge in [-0.25, -0.2) is 0 Å². The molecule has 6 heteroatoms. The van der Waals surface area contributed by atoms with Gasteiger partial charge in [0.1, 0.15) is 0 Å². The minimum Gasteiger partial charge on any atom is -0.455 e. The number of ether oxygens (including phenoxy) is 2. The van der Waals surface area contributed by atoms with E-state index < -0.39 is 5.97 Å². The molecule has 1 aliphatic rings. The van der Waals surface area contributed by atoms with Gasteiger partial charge in [-0.15, -0.1) is 0 Å². The zero-order valence-corrected chi connectivity index (χ0v) is 14.0. The summed E-state index contributed by atoms with van der Waals surface area (Å²) in [5, 5.41) is 0.997. The number of fused-ring (bicyclic) bond motifs is 1. The number of benzene rings is 1. The van der Waals surface area contributed by atoms with E-state index in [0.29, 0.717) is 13.1 Å². The van der Waals surface area contributed by atoms with Crippen molar-refractivity contribution in [2.45, 2.75) is 32.5 Å². The van der Waals surface area contributed by atoms with Gasteiger partial charge in [0.2, 0.25) is 0 Å². The number of hydrogen-bond acceptors (Lipinski definition) is 4. The number of nitrogens with zero attached hydrogens (tertiary/aromatic N) is 1. The van der Waals surface area contributed by atoms with Crippen LogP contribution in [0.2, 0.25) is 0 Å². The predicted molar refractivity (Wildman–Crippen MR) is 89.6 cm³/mol. The van der Waals surface area contributed by atoms with E-state index in [0.717, 1.165) is 16.5 Å². The molecule has 1 aromatic heterocycles. The number of aromatic amines is 1. The van der Waals surface area contributed by atoms with Crippen LogP contribution in [-0.4, -0.2) is 53.7 Å². The number of esters is 1. The molecule has 1 saturated heterocycles. The molecule has 1 aromatic carbocycles. The zero-order chi connectivity index (χ0) is 17.1. The van der Waals surface area contributed by atoms with Crippen LogP contribution in [0, 0.1) is 0 Å². The SMILES string of the molecule is C[C@H]1CN(C(=O)COC(=O)Cc2c[nH]c3ccccc23)C[C@H](C)O1. The lowest BCUT2D eigenvalue weighted by atomic mass is 10.1. The Bertz CT molecular complexity index is 729. The van der Waals surface area contributed by atoms with Crippen LogP contribution in [0.3, 0.4) is 0 Å². The van der Waals surface area contributed by atoms with Gasteiger partial charge >= 0.3 is 5.97 Å². The van der Waals surface area contributed by atoms with E-state index in [9.17, 15) is 9.59 Å². The first-order valence-electron chi connectivity index (χ1n) is 8.17. The third-order valence-electron chi connectivity index (χ3n) is 4.14. The molecule has 128 valence electrons. The number of hydrogen-bond donors (Lipinski definition) is 1. The zero-order valence-electron chi connectivity index (χ0n) is 14.0. The molecule has 6 nitrogen and oxygen atoms in total. The number of amides is 1. The van der Waals surface area contributed by atoms with E-state index in [-0.39, 0.29) is 31.1 Å². The quantitative estimate of drug-likeness (QED) is 0.869. The van der Waals surface area contributed by atoms with Crippen molar-refractivity contribution >= 4 is 22.8 Å². The third kappa shape index (κ3) is 3.76. The molecule has 0 radical (unpaired) electrons. The number of morpholine rings is 1. The fraction of sp³-hybridized carbons (Fsp3) is 0.444.